The van der Waals surface area contributed by atoms with Gasteiger partial charge in [-0.1, -0.05) is 0 Å². The highest BCUT2D eigenvalue weighted by molar-refractivity contribution is 6.35. The first-order valence-electron chi connectivity index (χ1n) is 5.19. The second kappa shape index (κ2) is 6.46. The van der Waals surface area contributed by atoms with Crippen molar-refractivity contribution in [1.82, 2.24) is 21.3 Å². The lowest BCUT2D eigenvalue weighted by atomic mass is 10.4. The van der Waals surface area contributed by atoms with Crippen LogP contribution in [0.4, 0.5) is 0 Å². The van der Waals surface area contributed by atoms with Crippen molar-refractivity contribution in [2.75, 3.05) is 26.2 Å². The van der Waals surface area contributed by atoms with Gasteiger partial charge in [0.05, 0.1) is 6.54 Å². The first-order chi connectivity index (χ1) is 8.09. The fourth-order valence-electron chi connectivity index (χ4n) is 1.17. The molecule has 1 fully saturated rings. The monoisotopic (exact) mass is 242 g/mol. The molecule has 8 nitrogen and oxygen atoms in total. The van der Waals surface area contributed by atoms with E-state index < -0.39 is 17.7 Å². The Bertz CT molecular complexity index is 342. The molecule has 8 heteroatoms. The number of carbonyl (C=O) groups excluding carboxylic acids is 4. The molecule has 0 radical (unpaired) electrons. The number of hydrogen-bond acceptors (Lipinski definition) is 4. The van der Waals surface area contributed by atoms with Crippen molar-refractivity contribution in [1.29, 1.82) is 0 Å². The molecule has 0 aromatic rings. The summed E-state index contributed by atoms with van der Waals surface area (Å²) < 4.78 is 0. The molecule has 0 unspecified atom stereocenters. The molecule has 0 bridgehead atoms. The minimum atomic E-state index is -0.870. The average Bonchev–Trinajstić information content (AvgIpc) is 2.31. The second-order valence-electron chi connectivity index (χ2n) is 3.39. The molecule has 94 valence electrons. The smallest absolute Gasteiger partial charge is 0.309 e. The standard InChI is InChI=1S/C9H14N4O4/c14-6-1-2-10-7(15)5-13-9(17)8(16)12-4-3-11-6/h1-5H2,(H,10,15)(H,11,14)(H,12,16)(H,13,17). The maximum Gasteiger partial charge on any atom is 0.309 e. The van der Waals surface area contributed by atoms with Crippen molar-refractivity contribution >= 4 is 23.6 Å². The summed E-state index contributed by atoms with van der Waals surface area (Å²) in [5.41, 5.74) is 0. The van der Waals surface area contributed by atoms with Gasteiger partial charge in [-0.2, -0.15) is 0 Å². The van der Waals surface area contributed by atoms with E-state index in [9.17, 15) is 19.2 Å². The minimum absolute atomic E-state index is 0.160. The predicted molar refractivity (Wildman–Crippen MR) is 56.7 cm³/mol. The molecule has 4 N–H and O–H groups in total. The maximum absolute atomic E-state index is 11.2. The zero-order valence-electron chi connectivity index (χ0n) is 9.17. The van der Waals surface area contributed by atoms with Gasteiger partial charge in [0, 0.05) is 26.1 Å². The number of carbonyl (C=O) groups is 4. The molecule has 0 aliphatic carbocycles. The molecule has 1 saturated heterocycles. The van der Waals surface area contributed by atoms with Crippen LogP contribution in [0.2, 0.25) is 0 Å². The van der Waals surface area contributed by atoms with E-state index in [0.717, 1.165) is 0 Å². The van der Waals surface area contributed by atoms with Crippen molar-refractivity contribution < 1.29 is 19.2 Å². The fraction of sp³-hybridized carbons (Fsp3) is 0.556. The lowest BCUT2D eigenvalue weighted by Crippen LogP contribution is -2.45. The highest BCUT2D eigenvalue weighted by Crippen LogP contribution is 1.79. The maximum atomic E-state index is 11.2. The van der Waals surface area contributed by atoms with E-state index in [1.807, 2.05) is 0 Å². The van der Waals surface area contributed by atoms with Gasteiger partial charge in [-0.25, -0.2) is 0 Å². The molecule has 1 heterocycles. The zero-order chi connectivity index (χ0) is 12.7. The van der Waals surface area contributed by atoms with Gasteiger partial charge < -0.3 is 21.3 Å². The van der Waals surface area contributed by atoms with E-state index in [4.69, 9.17) is 0 Å². The molecule has 0 aromatic heterocycles. The van der Waals surface area contributed by atoms with Crippen LogP contribution in [0.1, 0.15) is 6.42 Å². The topological polar surface area (TPSA) is 116 Å². The number of hydrogen-bond donors (Lipinski definition) is 4. The highest BCUT2D eigenvalue weighted by Gasteiger charge is 2.14. The van der Waals surface area contributed by atoms with Crippen molar-refractivity contribution in [3.05, 3.63) is 0 Å². The van der Waals surface area contributed by atoms with Gasteiger partial charge in [0.15, 0.2) is 0 Å². The lowest BCUT2D eigenvalue weighted by molar-refractivity contribution is -0.139. The van der Waals surface area contributed by atoms with E-state index in [1.165, 1.54) is 0 Å². The third kappa shape index (κ3) is 4.96. The molecular formula is C9H14N4O4. The fourth-order valence-corrected chi connectivity index (χ4v) is 1.17. The van der Waals surface area contributed by atoms with Crippen LogP contribution < -0.4 is 21.3 Å². The Morgan fingerprint density at radius 1 is 0.647 bits per heavy atom. The van der Waals surface area contributed by atoms with E-state index >= 15 is 0 Å². The van der Waals surface area contributed by atoms with Crippen molar-refractivity contribution in [2.45, 2.75) is 6.42 Å². The van der Waals surface area contributed by atoms with Crippen LogP contribution in [0.15, 0.2) is 0 Å². The predicted octanol–water partition coefficient (Wildman–Crippen LogP) is -3.15. The first kappa shape index (κ1) is 12.9. The van der Waals surface area contributed by atoms with Gasteiger partial charge in [-0.15, -0.1) is 0 Å². The minimum Gasteiger partial charge on any atom is -0.354 e. The van der Waals surface area contributed by atoms with Crippen LogP contribution in [-0.4, -0.2) is 49.8 Å². The van der Waals surface area contributed by atoms with E-state index in [0.29, 0.717) is 0 Å². The lowest BCUT2D eigenvalue weighted by Gasteiger charge is -2.05. The quantitative estimate of drug-likeness (QED) is 0.336. The summed E-state index contributed by atoms with van der Waals surface area (Å²) in [6.45, 7) is 0.320. The van der Waals surface area contributed by atoms with Crippen molar-refractivity contribution in [3.63, 3.8) is 0 Å². The third-order valence-electron chi connectivity index (χ3n) is 2.02. The first-order valence-corrected chi connectivity index (χ1v) is 5.19. The third-order valence-corrected chi connectivity index (χ3v) is 2.02. The van der Waals surface area contributed by atoms with Crippen LogP contribution in [-0.2, 0) is 19.2 Å². The summed E-state index contributed by atoms with van der Waals surface area (Å²) >= 11 is 0. The SMILES string of the molecule is O=C1CCNC(=O)CNC(=O)C(=O)NCCN1. The molecule has 0 saturated carbocycles. The van der Waals surface area contributed by atoms with Crippen LogP contribution in [0, 0.1) is 0 Å². The summed E-state index contributed by atoms with van der Waals surface area (Å²) in [5.74, 6) is -2.37. The largest absolute Gasteiger partial charge is 0.354 e. The molecule has 4 amide bonds. The van der Waals surface area contributed by atoms with Crippen LogP contribution >= 0.6 is 0 Å². The Hall–Kier alpha value is -2.12. The van der Waals surface area contributed by atoms with Gasteiger partial charge in [0.1, 0.15) is 0 Å². The normalized spacial score (nSPS) is 19.8. The summed E-state index contributed by atoms with van der Waals surface area (Å²) in [6, 6.07) is 0. The summed E-state index contributed by atoms with van der Waals surface area (Å²) in [4.78, 5) is 44.6. The Balaban J connectivity index is 2.52. The molecule has 1 aliphatic heterocycles. The highest BCUT2D eigenvalue weighted by atomic mass is 16.2. The zero-order valence-corrected chi connectivity index (χ0v) is 9.17. The number of rotatable bonds is 0. The molecule has 17 heavy (non-hydrogen) atoms. The van der Waals surface area contributed by atoms with Gasteiger partial charge in [-0.3, -0.25) is 19.2 Å². The van der Waals surface area contributed by atoms with Crippen molar-refractivity contribution in [3.8, 4) is 0 Å². The van der Waals surface area contributed by atoms with E-state index in [-0.39, 0.29) is 38.5 Å². The summed E-state index contributed by atoms with van der Waals surface area (Å²) in [7, 11) is 0. The molecule has 0 aromatic carbocycles. The molecule has 1 aliphatic rings. The average molecular weight is 242 g/mol. The molecule has 0 spiro atoms. The Labute approximate surface area is 97.5 Å². The van der Waals surface area contributed by atoms with E-state index in [2.05, 4.69) is 21.3 Å². The Kier molecular flexibility index (Phi) is 4.92. The van der Waals surface area contributed by atoms with Crippen LogP contribution in [0.5, 0.6) is 0 Å². The molecular weight excluding hydrogens is 228 g/mol. The second-order valence-corrected chi connectivity index (χ2v) is 3.39. The number of nitrogens with one attached hydrogen (secondary N) is 4. The van der Waals surface area contributed by atoms with Gasteiger partial charge >= 0.3 is 11.8 Å². The Morgan fingerprint density at radius 2 is 1.24 bits per heavy atom. The molecule has 0 atom stereocenters. The van der Waals surface area contributed by atoms with Crippen LogP contribution in [0.25, 0.3) is 0 Å². The van der Waals surface area contributed by atoms with Crippen molar-refractivity contribution in [2.24, 2.45) is 0 Å². The molecule has 1 rings (SSSR count). The summed E-state index contributed by atoms with van der Waals surface area (Å²) in [6.07, 6.45) is 0.160. The van der Waals surface area contributed by atoms with Crippen LogP contribution in [0.3, 0.4) is 0 Å². The van der Waals surface area contributed by atoms with Gasteiger partial charge in [0.2, 0.25) is 11.8 Å². The number of amides is 4. The van der Waals surface area contributed by atoms with Gasteiger partial charge in [0.25, 0.3) is 0 Å². The Morgan fingerprint density at radius 3 is 2.00 bits per heavy atom. The van der Waals surface area contributed by atoms with Gasteiger partial charge in [-0.05, 0) is 0 Å². The van der Waals surface area contributed by atoms with E-state index in [1.54, 1.807) is 0 Å². The summed E-state index contributed by atoms with van der Waals surface area (Å²) in [5, 5.41) is 9.45.